The molecule has 1 fully saturated rings. The summed E-state index contributed by atoms with van der Waals surface area (Å²) in [5.41, 5.74) is 0. The van der Waals surface area contributed by atoms with Crippen LogP contribution in [0.1, 0.15) is 6.42 Å². The number of methoxy groups -OCH3 is 2. The van der Waals surface area contributed by atoms with E-state index in [4.69, 9.17) is 14.2 Å². The van der Waals surface area contributed by atoms with Crippen molar-refractivity contribution in [1.82, 2.24) is 5.32 Å². The molecule has 1 atom stereocenters. The zero-order valence-electron chi connectivity index (χ0n) is 9.66. The zero-order chi connectivity index (χ0) is 11.4. The van der Waals surface area contributed by atoms with E-state index in [1.807, 2.05) is 18.2 Å². The minimum atomic E-state index is 0.199. The Kier molecular flexibility index (Phi) is 3.51. The molecule has 0 unspecified atom stereocenters. The fraction of sp³-hybridized carbons (Fsp3) is 0.500. The summed E-state index contributed by atoms with van der Waals surface area (Å²) in [4.78, 5) is 0. The number of para-hydroxylation sites is 1. The molecule has 1 aliphatic heterocycles. The lowest BCUT2D eigenvalue weighted by molar-refractivity contribution is 0.202. The van der Waals surface area contributed by atoms with Gasteiger partial charge in [-0.1, -0.05) is 6.07 Å². The molecule has 0 saturated carbocycles. The van der Waals surface area contributed by atoms with Crippen molar-refractivity contribution in [3.8, 4) is 17.2 Å². The van der Waals surface area contributed by atoms with E-state index >= 15 is 0 Å². The van der Waals surface area contributed by atoms with Gasteiger partial charge in [-0.05, 0) is 25.1 Å². The average Bonchev–Trinajstić information content (AvgIpc) is 2.82. The van der Waals surface area contributed by atoms with Gasteiger partial charge < -0.3 is 19.5 Å². The number of ether oxygens (including phenoxy) is 3. The van der Waals surface area contributed by atoms with Crippen LogP contribution >= 0.6 is 0 Å². The first-order valence-corrected chi connectivity index (χ1v) is 5.43. The van der Waals surface area contributed by atoms with E-state index in [-0.39, 0.29) is 6.10 Å². The molecule has 16 heavy (non-hydrogen) atoms. The molecular formula is C12H17NO3. The van der Waals surface area contributed by atoms with Gasteiger partial charge in [0, 0.05) is 6.54 Å². The van der Waals surface area contributed by atoms with Gasteiger partial charge >= 0.3 is 0 Å². The predicted octanol–water partition coefficient (Wildman–Crippen LogP) is 1.44. The van der Waals surface area contributed by atoms with Crippen LogP contribution in [-0.4, -0.2) is 33.4 Å². The predicted molar refractivity (Wildman–Crippen MR) is 61.4 cm³/mol. The van der Waals surface area contributed by atoms with Crippen LogP contribution in [0.5, 0.6) is 17.2 Å². The van der Waals surface area contributed by atoms with Crippen LogP contribution in [0.2, 0.25) is 0 Å². The Morgan fingerprint density at radius 2 is 1.88 bits per heavy atom. The molecule has 0 spiro atoms. The smallest absolute Gasteiger partial charge is 0.203 e. The van der Waals surface area contributed by atoms with Gasteiger partial charge in [-0.25, -0.2) is 0 Å². The Balaban J connectivity index is 2.21. The standard InChI is InChI=1S/C12H17NO3/c1-14-10-4-3-5-11(15-2)12(10)16-9-6-7-13-8-9/h3-5,9,13H,6-8H2,1-2H3/t9-/m1/s1. The summed E-state index contributed by atoms with van der Waals surface area (Å²) >= 11 is 0. The summed E-state index contributed by atoms with van der Waals surface area (Å²) in [6.45, 7) is 1.88. The fourth-order valence-electron chi connectivity index (χ4n) is 1.83. The van der Waals surface area contributed by atoms with E-state index < -0.39 is 0 Å². The van der Waals surface area contributed by atoms with Crippen molar-refractivity contribution in [2.24, 2.45) is 0 Å². The summed E-state index contributed by atoms with van der Waals surface area (Å²) in [6.07, 6.45) is 1.21. The second-order valence-corrected chi connectivity index (χ2v) is 3.72. The minimum absolute atomic E-state index is 0.199. The zero-order valence-corrected chi connectivity index (χ0v) is 9.66. The van der Waals surface area contributed by atoms with Gasteiger partial charge in [0.1, 0.15) is 6.10 Å². The molecule has 1 N–H and O–H groups in total. The molecule has 4 nitrogen and oxygen atoms in total. The van der Waals surface area contributed by atoms with E-state index in [0.29, 0.717) is 17.2 Å². The Morgan fingerprint density at radius 3 is 2.38 bits per heavy atom. The fourth-order valence-corrected chi connectivity index (χ4v) is 1.83. The monoisotopic (exact) mass is 223 g/mol. The summed E-state index contributed by atoms with van der Waals surface area (Å²) in [7, 11) is 3.27. The quantitative estimate of drug-likeness (QED) is 0.838. The molecule has 0 aliphatic carbocycles. The van der Waals surface area contributed by atoms with Crippen molar-refractivity contribution in [1.29, 1.82) is 0 Å². The van der Waals surface area contributed by atoms with Gasteiger partial charge in [0.15, 0.2) is 11.5 Å². The van der Waals surface area contributed by atoms with E-state index in [1.165, 1.54) is 0 Å². The highest BCUT2D eigenvalue weighted by Crippen LogP contribution is 2.37. The molecule has 1 heterocycles. The van der Waals surface area contributed by atoms with Crippen molar-refractivity contribution in [2.45, 2.75) is 12.5 Å². The molecule has 2 rings (SSSR count). The first kappa shape index (κ1) is 11.1. The molecule has 4 heteroatoms. The lowest BCUT2D eigenvalue weighted by atomic mass is 10.2. The Morgan fingerprint density at radius 1 is 1.19 bits per heavy atom. The summed E-state index contributed by atoms with van der Waals surface area (Å²) in [5.74, 6) is 2.12. The molecule has 0 radical (unpaired) electrons. The molecule has 1 aromatic carbocycles. The first-order chi connectivity index (χ1) is 7.85. The van der Waals surface area contributed by atoms with Gasteiger partial charge in [0.05, 0.1) is 14.2 Å². The second-order valence-electron chi connectivity index (χ2n) is 3.72. The summed E-state index contributed by atoms with van der Waals surface area (Å²) in [6, 6.07) is 5.64. The van der Waals surface area contributed by atoms with Crippen molar-refractivity contribution in [3.63, 3.8) is 0 Å². The summed E-state index contributed by atoms with van der Waals surface area (Å²) in [5, 5.41) is 3.26. The van der Waals surface area contributed by atoms with Crippen LogP contribution in [0.25, 0.3) is 0 Å². The van der Waals surface area contributed by atoms with Crippen molar-refractivity contribution < 1.29 is 14.2 Å². The molecule has 1 saturated heterocycles. The molecule has 0 bridgehead atoms. The highest BCUT2D eigenvalue weighted by Gasteiger charge is 2.20. The number of rotatable bonds is 4. The molecule has 1 aromatic rings. The number of hydrogen-bond donors (Lipinski definition) is 1. The van der Waals surface area contributed by atoms with Gasteiger partial charge in [0.25, 0.3) is 0 Å². The molecule has 88 valence electrons. The van der Waals surface area contributed by atoms with Crippen LogP contribution in [0, 0.1) is 0 Å². The molecule has 0 aromatic heterocycles. The van der Waals surface area contributed by atoms with Crippen molar-refractivity contribution >= 4 is 0 Å². The number of hydrogen-bond acceptors (Lipinski definition) is 4. The average molecular weight is 223 g/mol. The van der Waals surface area contributed by atoms with Crippen LogP contribution in [0.15, 0.2) is 18.2 Å². The van der Waals surface area contributed by atoms with Gasteiger partial charge in [-0.2, -0.15) is 0 Å². The normalized spacial score (nSPS) is 19.5. The van der Waals surface area contributed by atoms with E-state index in [1.54, 1.807) is 14.2 Å². The largest absolute Gasteiger partial charge is 0.493 e. The lowest BCUT2D eigenvalue weighted by Gasteiger charge is -2.17. The lowest BCUT2D eigenvalue weighted by Crippen LogP contribution is -2.20. The SMILES string of the molecule is COc1cccc(OC)c1O[C@@H]1CCNC1. The van der Waals surface area contributed by atoms with Crippen LogP contribution in [0.4, 0.5) is 0 Å². The molecular weight excluding hydrogens is 206 g/mol. The third-order valence-corrected chi connectivity index (χ3v) is 2.68. The van der Waals surface area contributed by atoms with Crippen molar-refractivity contribution in [2.75, 3.05) is 27.3 Å². The number of benzene rings is 1. The topological polar surface area (TPSA) is 39.7 Å². The summed E-state index contributed by atoms with van der Waals surface area (Å²) < 4.78 is 16.5. The highest BCUT2D eigenvalue weighted by molar-refractivity contribution is 5.51. The maximum Gasteiger partial charge on any atom is 0.203 e. The van der Waals surface area contributed by atoms with E-state index in [0.717, 1.165) is 19.5 Å². The van der Waals surface area contributed by atoms with Crippen LogP contribution < -0.4 is 19.5 Å². The molecule has 0 amide bonds. The minimum Gasteiger partial charge on any atom is -0.493 e. The van der Waals surface area contributed by atoms with E-state index in [2.05, 4.69) is 5.32 Å². The van der Waals surface area contributed by atoms with Crippen molar-refractivity contribution in [3.05, 3.63) is 18.2 Å². The first-order valence-electron chi connectivity index (χ1n) is 5.43. The highest BCUT2D eigenvalue weighted by atomic mass is 16.5. The van der Waals surface area contributed by atoms with E-state index in [9.17, 15) is 0 Å². The Hall–Kier alpha value is -1.42. The van der Waals surface area contributed by atoms with Gasteiger partial charge in [-0.15, -0.1) is 0 Å². The third kappa shape index (κ3) is 2.22. The third-order valence-electron chi connectivity index (χ3n) is 2.68. The van der Waals surface area contributed by atoms with Crippen LogP contribution in [-0.2, 0) is 0 Å². The maximum atomic E-state index is 5.91. The van der Waals surface area contributed by atoms with Crippen LogP contribution in [0.3, 0.4) is 0 Å². The Labute approximate surface area is 95.5 Å². The number of nitrogens with one attached hydrogen (secondary N) is 1. The maximum absolute atomic E-state index is 5.91. The van der Waals surface area contributed by atoms with Gasteiger partial charge in [0.2, 0.25) is 5.75 Å². The van der Waals surface area contributed by atoms with Gasteiger partial charge in [-0.3, -0.25) is 0 Å². The second kappa shape index (κ2) is 5.07. The molecule has 1 aliphatic rings. The Bertz CT molecular complexity index is 326.